The van der Waals surface area contributed by atoms with E-state index in [4.69, 9.17) is 0 Å². The molecule has 1 aromatic rings. The van der Waals surface area contributed by atoms with Gasteiger partial charge < -0.3 is 9.88 Å². The summed E-state index contributed by atoms with van der Waals surface area (Å²) in [6.07, 6.45) is -2.85. The SMILES string of the molecule is Cn1cccc(NCC(F)(F)F)c1=O. The second-order valence-corrected chi connectivity index (χ2v) is 2.81. The van der Waals surface area contributed by atoms with Crippen LogP contribution in [0.4, 0.5) is 18.9 Å². The van der Waals surface area contributed by atoms with Crippen LogP contribution in [-0.4, -0.2) is 17.3 Å². The molecule has 1 heterocycles. The Bertz CT molecular complexity index is 370. The number of nitrogens with zero attached hydrogens (tertiary/aromatic N) is 1. The van der Waals surface area contributed by atoms with Crippen LogP contribution < -0.4 is 10.9 Å². The van der Waals surface area contributed by atoms with Crippen LogP contribution in [0.2, 0.25) is 0 Å². The predicted octanol–water partition coefficient (Wildman–Crippen LogP) is 1.36. The molecule has 0 spiro atoms. The summed E-state index contributed by atoms with van der Waals surface area (Å²) in [5, 5.41) is 2.04. The summed E-state index contributed by atoms with van der Waals surface area (Å²) in [5.41, 5.74) is -0.524. The molecule has 1 rings (SSSR count). The fourth-order valence-electron chi connectivity index (χ4n) is 0.927. The van der Waals surface area contributed by atoms with E-state index in [1.54, 1.807) is 0 Å². The number of halogens is 3. The monoisotopic (exact) mass is 206 g/mol. The van der Waals surface area contributed by atoms with E-state index in [0.717, 1.165) is 0 Å². The molecule has 0 saturated heterocycles. The molecule has 0 aliphatic heterocycles. The number of aromatic nitrogens is 1. The third-order valence-electron chi connectivity index (χ3n) is 1.60. The molecule has 0 saturated carbocycles. The van der Waals surface area contributed by atoms with Crippen LogP contribution in [0.25, 0.3) is 0 Å². The van der Waals surface area contributed by atoms with E-state index in [0.29, 0.717) is 0 Å². The number of anilines is 1. The van der Waals surface area contributed by atoms with E-state index >= 15 is 0 Å². The van der Waals surface area contributed by atoms with Gasteiger partial charge in [-0.15, -0.1) is 0 Å². The second-order valence-electron chi connectivity index (χ2n) is 2.81. The van der Waals surface area contributed by atoms with Gasteiger partial charge in [-0.25, -0.2) is 0 Å². The van der Waals surface area contributed by atoms with Gasteiger partial charge in [0.2, 0.25) is 0 Å². The van der Waals surface area contributed by atoms with Crippen molar-refractivity contribution in [3.63, 3.8) is 0 Å². The molecule has 6 heteroatoms. The maximum absolute atomic E-state index is 11.8. The van der Waals surface area contributed by atoms with Crippen molar-refractivity contribution in [3.8, 4) is 0 Å². The third-order valence-corrected chi connectivity index (χ3v) is 1.60. The van der Waals surface area contributed by atoms with Gasteiger partial charge >= 0.3 is 6.18 Å². The van der Waals surface area contributed by atoms with Gasteiger partial charge in [0.05, 0.1) is 0 Å². The lowest BCUT2D eigenvalue weighted by molar-refractivity contribution is -0.115. The maximum Gasteiger partial charge on any atom is 0.405 e. The zero-order valence-electron chi connectivity index (χ0n) is 7.43. The molecule has 0 atom stereocenters. The highest BCUT2D eigenvalue weighted by Crippen LogP contribution is 2.14. The molecule has 1 aromatic heterocycles. The first-order valence-corrected chi connectivity index (χ1v) is 3.86. The van der Waals surface area contributed by atoms with E-state index < -0.39 is 18.3 Å². The van der Waals surface area contributed by atoms with E-state index in [1.807, 2.05) is 5.32 Å². The van der Waals surface area contributed by atoms with E-state index in [2.05, 4.69) is 0 Å². The summed E-state index contributed by atoms with van der Waals surface area (Å²) < 4.78 is 36.6. The Labute approximate surface area is 78.2 Å². The Hall–Kier alpha value is -1.46. The van der Waals surface area contributed by atoms with Crippen LogP contribution in [0, 0.1) is 0 Å². The number of aryl methyl sites for hydroxylation is 1. The van der Waals surface area contributed by atoms with Crippen LogP contribution in [0.15, 0.2) is 23.1 Å². The fraction of sp³-hybridized carbons (Fsp3) is 0.375. The topological polar surface area (TPSA) is 34.0 Å². The molecule has 0 amide bonds. The molecule has 3 nitrogen and oxygen atoms in total. The lowest BCUT2D eigenvalue weighted by Gasteiger charge is -2.09. The van der Waals surface area contributed by atoms with Crippen molar-refractivity contribution < 1.29 is 13.2 Å². The van der Waals surface area contributed by atoms with Gasteiger partial charge in [0.25, 0.3) is 5.56 Å². The summed E-state index contributed by atoms with van der Waals surface area (Å²) in [6, 6.07) is 2.81. The number of hydrogen-bond acceptors (Lipinski definition) is 2. The Morgan fingerprint density at radius 3 is 2.71 bits per heavy atom. The summed E-state index contributed by atoms with van der Waals surface area (Å²) in [6.45, 7) is -1.20. The number of nitrogens with one attached hydrogen (secondary N) is 1. The van der Waals surface area contributed by atoms with Crippen molar-refractivity contribution in [1.29, 1.82) is 0 Å². The number of alkyl halides is 3. The van der Waals surface area contributed by atoms with E-state index in [-0.39, 0.29) is 5.69 Å². The van der Waals surface area contributed by atoms with Crippen LogP contribution in [0.5, 0.6) is 0 Å². The van der Waals surface area contributed by atoms with Gasteiger partial charge in [0, 0.05) is 13.2 Å². The zero-order valence-corrected chi connectivity index (χ0v) is 7.43. The molecular weight excluding hydrogens is 197 g/mol. The standard InChI is InChI=1S/C8H9F3N2O/c1-13-4-2-3-6(7(13)14)12-5-8(9,10)11/h2-4,12H,5H2,1H3. The quantitative estimate of drug-likeness (QED) is 0.792. The summed E-state index contributed by atoms with van der Waals surface area (Å²) in [7, 11) is 1.47. The molecule has 0 bridgehead atoms. The van der Waals surface area contributed by atoms with Crippen LogP contribution >= 0.6 is 0 Å². The third kappa shape index (κ3) is 2.79. The van der Waals surface area contributed by atoms with Crippen molar-refractivity contribution in [1.82, 2.24) is 4.57 Å². The van der Waals surface area contributed by atoms with Gasteiger partial charge in [-0.1, -0.05) is 0 Å². The molecule has 1 N–H and O–H groups in total. The minimum Gasteiger partial charge on any atom is -0.372 e. The lowest BCUT2D eigenvalue weighted by Crippen LogP contribution is -2.26. The first-order chi connectivity index (χ1) is 6.40. The fourth-order valence-corrected chi connectivity index (χ4v) is 0.927. The van der Waals surface area contributed by atoms with Gasteiger partial charge in [0.1, 0.15) is 12.2 Å². The molecule has 78 valence electrons. The lowest BCUT2D eigenvalue weighted by atomic mass is 10.4. The smallest absolute Gasteiger partial charge is 0.372 e. The van der Waals surface area contributed by atoms with Crippen LogP contribution in [-0.2, 0) is 7.05 Å². The molecule has 0 unspecified atom stereocenters. The van der Waals surface area contributed by atoms with Crippen molar-refractivity contribution in [2.45, 2.75) is 6.18 Å². The number of pyridine rings is 1. The summed E-state index contributed by atoms with van der Waals surface area (Å²) in [5.74, 6) is 0. The second kappa shape index (κ2) is 3.73. The van der Waals surface area contributed by atoms with Crippen LogP contribution in [0.3, 0.4) is 0 Å². The summed E-state index contributed by atoms with van der Waals surface area (Å²) in [4.78, 5) is 11.2. The Morgan fingerprint density at radius 2 is 2.14 bits per heavy atom. The Balaban J connectivity index is 2.78. The zero-order chi connectivity index (χ0) is 10.8. The van der Waals surface area contributed by atoms with Gasteiger partial charge in [-0.05, 0) is 12.1 Å². The minimum atomic E-state index is -4.32. The highest BCUT2D eigenvalue weighted by molar-refractivity contribution is 5.40. The molecule has 0 aromatic carbocycles. The predicted molar refractivity (Wildman–Crippen MR) is 46.2 cm³/mol. The van der Waals surface area contributed by atoms with E-state index in [1.165, 1.54) is 29.9 Å². The van der Waals surface area contributed by atoms with Crippen molar-refractivity contribution >= 4 is 5.69 Å². The van der Waals surface area contributed by atoms with Crippen molar-refractivity contribution in [2.75, 3.05) is 11.9 Å². The first kappa shape index (κ1) is 10.6. The maximum atomic E-state index is 11.8. The Morgan fingerprint density at radius 1 is 1.50 bits per heavy atom. The summed E-state index contributed by atoms with van der Waals surface area (Å²) >= 11 is 0. The first-order valence-electron chi connectivity index (χ1n) is 3.86. The number of rotatable bonds is 2. The highest BCUT2D eigenvalue weighted by Gasteiger charge is 2.26. The highest BCUT2D eigenvalue weighted by atomic mass is 19.4. The largest absolute Gasteiger partial charge is 0.405 e. The molecule has 0 radical (unpaired) electrons. The van der Waals surface area contributed by atoms with Crippen molar-refractivity contribution in [2.24, 2.45) is 7.05 Å². The normalized spacial score (nSPS) is 11.4. The molecule has 14 heavy (non-hydrogen) atoms. The number of hydrogen-bond donors (Lipinski definition) is 1. The van der Waals surface area contributed by atoms with Crippen molar-refractivity contribution in [3.05, 3.63) is 28.7 Å². The average molecular weight is 206 g/mol. The van der Waals surface area contributed by atoms with Gasteiger partial charge in [0.15, 0.2) is 0 Å². The molecule has 0 fully saturated rings. The molecular formula is C8H9F3N2O. The van der Waals surface area contributed by atoms with Crippen LogP contribution in [0.1, 0.15) is 0 Å². The minimum absolute atomic E-state index is 0.0488. The van der Waals surface area contributed by atoms with E-state index in [9.17, 15) is 18.0 Å². The Kier molecular flexibility index (Phi) is 2.83. The van der Waals surface area contributed by atoms with Gasteiger partial charge in [-0.2, -0.15) is 13.2 Å². The average Bonchev–Trinajstić information content (AvgIpc) is 2.06. The van der Waals surface area contributed by atoms with Gasteiger partial charge in [-0.3, -0.25) is 4.79 Å². The molecule has 0 aliphatic rings. The molecule has 0 aliphatic carbocycles.